The third kappa shape index (κ3) is 2.84. The van der Waals surface area contributed by atoms with Crippen molar-refractivity contribution in [1.29, 1.82) is 0 Å². The summed E-state index contributed by atoms with van der Waals surface area (Å²) in [5, 5.41) is 9.18. The Morgan fingerprint density at radius 2 is 1.94 bits per heavy atom. The fraction of sp³-hybridized carbons (Fsp3) is 0.500. The van der Waals surface area contributed by atoms with Crippen LogP contribution in [-0.2, 0) is 11.8 Å². The van der Waals surface area contributed by atoms with Crippen LogP contribution in [0.5, 0.6) is 0 Å². The maximum Gasteiger partial charge on any atom is 0.335 e. The van der Waals surface area contributed by atoms with Crippen molar-refractivity contribution in [3.63, 3.8) is 0 Å². The van der Waals surface area contributed by atoms with E-state index in [9.17, 15) is 9.90 Å². The zero-order valence-corrected chi connectivity index (χ0v) is 10.5. The number of aryl methyl sites for hydroxylation is 1. The van der Waals surface area contributed by atoms with Crippen molar-refractivity contribution in [2.75, 3.05) is 0 Å². The van der Waals surface area contributed by atoms with Crippen LogP contribution in [0.1, 0.15) is 55.6 Å². The summed E-state index contributed by atoms with van der Waals surface area (Å²) in [5.41, 5.74) is 2.46. The minimum absolute atomic E-state index is 0.00502. The average Bonchev–Trinajstić information content (AvgIpc) is 2.16. The van der Waals surface area contributed by atoms with Crippen LogP contribution >= 0.6 is 0 Å². The lowest BCUT2D eigenvalue weighted by Gasteiger charge is -2.20. The monoisotopic (exact) mass is 220 g/mol. The molecule has 0 saturated heterocycles. The molecule has 1 aromatic rings. The SMILES string of the molecule is CCCc1ccc(C(C)(C)C)cc1C(=O)O. The molecule has 0 spiro atoms. The van der Waals surface area contributed by atoms with E-state index in [0.717, 1.165) is 24.0 Å². The van der Waals surface area contributed by atoms with E-state index in [4.69, 9.17) is 0 Å². The van der Waals surface area contributed by atoms with E-state index in [1.807, 2.05) is 18.2 Å². The minimum atomic E-state index is -0.824. The van der Waals surface area contributed by atoms with E-state index < -0.39 is 5.97 Å². The summed E-state index contributed by atoms with van der Waals surface area (Å²) in [4.78, 5) is 11.2. The maximum absolute atomic E-state index is 11.2. The fourth-order valence-electron chi connectivity index (χ4n) is 1.73. The van der Waals surface area contributed by atoms with E-state index in [1.165, 1.54) is 0 Å². The molecule has 0 atom stereocenters. The lowest BCUT2D eigenvalue weighted by molar-refractivity contribution is 0.0695. The van der Waals surface area contributed by atoms with Crippen molar-refractivity contribution < 1.29 is 9.90 Å². The molecular weight excluding hydrogens is 200 g/mol. The first-order valence-corrected chi connectivity index (χ1v) is 5.73. The van der Waals surface area contributed by atoms with Crippen LogP contribution in [0.2, 0.25) is 0 Å². The Morgan fingerprint density at radius 3 is 2.38 bits per heavy atom. The third-order valence-electron chi connectivity index (χ3n) is 2.73. The smallest absolute Gasteiger partial charge is 0.335 e. The molecule has 16 heavy (non-hydrogen) atoms. The van der Waals surface area contributed by atoms with Gasteiger partial charge in [-0.15, -0.1) is 0 Å². The molecule has 0 bridgehead atoms. The molecular formula is C14H20O2. The van der Waals surface area contributed by atoms with Crippen molar-refractivity contribution in [1.82, 2.24) is 0 Å². The average molecular weight is 220 g/mol. The number of carboxylic acids is 1. The topological polar surface area (TPSA) is 37.3 Å². The molecule has 0 heterocycles. The summed E-state index contributed by atoms with van der Waals surface area (Å²) < 4.78 is 0. The quantitative estimate of drug-likeness (QED) is 0.844. The Kier molecular flexibility index (Phi) is 3.74. The van der Waals surface area contributed by atoms with Gasteiger partial charge in [0.15, 0.2) is 0 Å². The molecule has 2 nitrogen and oxygen atoms in total. The Bertz CT molecular complexity index is 386. The molecule has 1 rings (SSSR count). The summed E-state index contributed by atoms with van der Waals surface area (Å²) in [7, 11) is 0. The number of hydrogen-bond donors (Lipinski definition) is 1. The predicted octanol–water partition coefficient (Wildman–Crippen LogP) is 3.63. The highest BCUT2D eigenvalue weighted by Gasteiger charge is 2.17. The van der Waals surface area contributed by atoms with Gasteiger partial charge in [0.25, 0.3) is 0 Å². The summed E-state index contributed by atoms with van der Waals surface area (Å²) in [6.45, 7) is 8.33. The van der Waals surface area contributed by atoms with E-state index in [1.54, 1.807) is 0 Å². The Morgan fingerprint density at radius 1 is 1.31 bits per heavy atom. The Balaban J connectivity index is 3.23. The van der Waals surface area contributed by atoms with Gasteiger partial charge in [-0.3, -0.25) is 0 Å². The lowest BCUT2D eigenvalue weighted by atomic mass is 9.85. The van der Waals surface area contributed by atoms with Crippen LogP contribution < -0.4 is 0 Å². The van der Waals surface area contributed by atoms with Crippen molar-refractivity contribution >= 4 is 5.97 Å². The fourth-order valence-corrected chi connectivity index (χ4v) is 1.73. The zero-order valence-electron chi connectivity index (χ0n) is 10.5. The summed E-state index contributed by atoms with van der Waals surface area (Å²) in [6.07, 6.45) is 1.79. The molecule has 0 aliphatic rings. The summed E-state index contributed by atoms with van der Waals surface area (Å²) in [6, 6.07) is 5.80. The van der Waals surface area contributed by atoms with Gasteiger partial charge in [-0.25, -0.2) is 4.79 Å². The first-order valence-electron chi connectivity index (χ1n) is 5.73. The molecule has 0 aliphatic heterocycles. The predicted molar refractivity (Wildman–Crippen MR) is 66.1 cm³/mol. The highest BCUT2D eigenvalue weighted by Crippen LogP contribution is 2.25. The molecule has 88 valence electrons. The van der Waals surface area contributed by atoms with Crippen LogP contribution in [0.25, 0.3) is 0 Å². The van der Waals surface area contributed by atoms with Gasteiger partial charge in [-0.1, -0.05) is 46.2 Å². The van der Waals surface area contributed by atoms with Crippen LogP contribution in [0, 0.1) is 0 Å². The second kappa shape index (κ2) is 4.69. The van der Waals surface area contributed by atoms with Crippen LogP contribution in [0.4, 0.5) is 0 Å². The van der Waals surface area contributed by atoms with Crippen LogP contribution in [-0.4, -0.2) is 11.1 Å². The standard InChI is InChI=1S/C14H20O2/c1-5-6-10-7-8-11(14(2,3)4)9-12(10)13(15)16/h7-9H,5-6H2,1-4H3,(H,15,16). The molecule has 0 unspecified atom stereocenters. The van der Waals surface area contributed by atoms with Crippen molar-refractivity contribution in [3.8, 4) is 0 Å². The zero-order chi connectivity index (χ0) is 12.3. The Labute approximate surface area is 97.3 Å². The van der Waals surface area contributed by atoms with E-state index >= 15 is 0 Å². The number of aromatic carboxylic acids is 1. The molecule has 0 amide bonds. The van der Waals surface area contributed by atoms with Gasteiger partial charge in [-0.2, -0.15) is 0 Å². The van der Waals surface area contributed by atoms with E-state index in [-0.39, 0.29) is 5.41 Å². The molecule has 2 heteroatoms. The van der Waals surface area contributed by atoms with Crippen molar-refractivity contribution in [2.45, 2.75) is 46.0 Å². The van der Waals surface area contributed by atoms with Gasteiger partial charge in [-0.05, 0) is 29.0 Å². The minimum Gasteiger partial charge on any atom is -0.478 e. The molecule has 0 aromatic heterocycles. The first-order chi connectivity index (χ1) is 7.36. The molecule has 0 saturated carbocycles. The molecule has 0 radical (unpaired) electrons. The maximum atomic E-state index is 11.2. The van der Waals surface area contributed by atoms with Crippen LogP contribution in [0.3, 0.4) is 0 Å². The second-order valence-corrected chi connectivity index (χ2v) is 5.18. The first kappa shape index (κ1) is 12.8. The number of carbonyl (C=O) groups is 1. The van der Waals surface area contributed by atoms with Gasteiger partial charge >= 0.3 is 5.97 Å². The van der Waals surface area contributed by atoms with Gasteiger partial charge in [0.2, 0.25) is 0 Å². The highest BCUT2D eigenvalue weighted by atomic mass is 16.4. The normalized spacial score (nSPS) is 11.5. The lowest BCUT2D eigenvalue weighted by Crippen LogP contribution is -2.13. The van der Waals surface area contributed by atoms with E-state index in [2.05, 4.69) is 27.7 Å². The molecule has 1 aromatic carbocycles. The Hall–Kier alpha value is -1.31. The number of carboxylic acid groups (broad SMARTS) is 1. The number of benzene rings is 1. The van der Waals surface area contributed by atoms with Crippen molar-refractivity contribution in [3.05, 3.63) is 34.9 Å². The highest BCUT2D eigenvalue weighted by molar-refractivity contribution is 5.89. The second-order valence-electron chi connectivity index (χ2n) is 5.18. The molecule has 0 fully saturated rings. The van der Waals surface area contributed by atoms with Gasteiger partial charge in [0.1, 0.15) is 0 Å². The molecule has 0 aliphatic carbocycles. The largest absolute Gasteiger partial charge is 0.478 e. The number of hydrogen-bond acceptors (Lipinski definition) is 1. The third-order valence-corrected chi connectivity index (χ3v) is 2.73. The summed E-state index contributed by atoms with van der Waals surface area (Å²) in [5.74, 6) is -0.824. The van der Waals surface area contributed by atoms with Gasteiger partial charge in [0.05, 0.1) is 5.56 Å². The van der Waals surface area contributed by atoms with Crippen molar-refractivity contribution in [2.24, 2.45) is 0 Å². The van der Waals surface area contributed by atoms with Gasteiger partial charge < -0.3 is 5.11 Å². The van der Waals surface area contributed by atoms with E-state index in [0.29, 0.717) is 5.56 Å². The number of rotatable bonds is 3. The van der Waals surface area contributed by atoms with Crippen LogP contribution in [0.15, 0.2) is 18.2 Å². The molecule has 1 N–H and O–H groups in total. The van der Waals surface area contributed by atoms with Gasteiger partial charge in [0, 0.05) is 0 Å². The summed E-state index contributed by atoms with van der Waals surface area (Å²) >= 11 is 0.